The number of carbonyl (C=O) groups excluding carboxylic acids is 2. The summed E-state index contributed by atoms with van der Waals surface area (Å²) in [6.07, 6.45) is 3.94. The van der Waals surface area contributed by atoms with Gasteiger partial charge in [0.2, 0.25) is 0 Å². The third kappa shape index (κ3) is 2.40. The number of aromatic nitrogens is 2. The van der Waals surface area contributed by atoms with Gasteiger partial charge in [-0.2, -0.15) is 0 Å². The molecule has 4 bridgehead atoms. The van der Waals surface area contributed by atoms with E-state index < -0.39 is 0 Å². The van der Waals surface area contributed by atoms with Crippen LogP contribution < -0.4 is 5.32 Å². The van der Waals surface area contributed by atoms with Crippen molar-refractivity contribution in [2.75, 3.05) is 13.2 Å². The number of carbonyl (C=O) groups is 2. The molecule has 0 saturated heterocycles. The molecule has 6 heteroatoms. The molecule has 0 fully saturated rings. The molecule has 2 aliphatic heterocycles. The van der Waals surface area contributed by atoms with Gasteiger partial charge in [-0.25, -0.2) is 0 Å². The summed E-state index contributed by atoms with van der Waals surface area (Å²) in [7, 11) is 0. The number of rotatable bonds is 0. The highest BCUT2D eigenvalue weighted by Crippen LogP contribution is 2.39. The van der Waals surface area contributed by atoms with E-state index in [2.05, 4.69) is 14.5 Å². The molecule has 6 nitrogen and oxygen atoms in total. The van der Waals surface area contributed by atoms with Crippen LogP contribution in [0.4, 0.5) is 0 Å². The van der Waals surface area contributed by atoms with E-state index in [0.717, 1.165) is 32.9 Å². The topological polar surface area (TPSA) is 65.3 Å². The van der Waals surface area contributed by atoms with E-state index in [9.17, 15) is 9.59 Å². The Labute approximate surface area is 173 Å². The molecule has 0 radical (unpaired) electrons. The fourth-order valence-electron chi connectivity index (χ4n) is 4.66. The molecular weight excluding hydrogens is 378 g/mol. The molecule has 2 aromatic heterocycles. The Bertz CT molecular complexity index is 1290. The zero-order valence-corrected chi connectivity index (χ0v) is 16.2. The number of hydrogen-bond donors (Lipinski definition) is 1. The van der Waals surface area contributed by atoms with Crippen LogP contribution in [0, 0.1) is 0 Å². The van der Waals surface area contributed by atoms with Gasteiger partial charge < -0.3 is 13.9 Å². The third-order valence-corrected chi connectivity index (χ3v) is 6.00. The number of nitrogens with zero attached hydrogens (tertiary/aromatic N) is 2. The van der Waals surface area contributed by atoms with Gasteiger partial charge in [-0.1, -0.05) is 36.4 Å². The van der Waals surface area contributed by atoms with Crippen LogP contribution in [0.3, 0.4) is 0 Å². The van der Waals surface area contributed by atoms with Gasteiger partial charge in [0.1, 0.15) is 0 Å². The van der Waals surface area contributed by atoms with E-state index in [4.69, 9.17) is 4.74 Å². The fraction of sp³-hybridized carbons (Fsp3) is 0.167. The van der Waals surface area contributed by atoms with Crippen molar-refractivity contribution in [3.05, 3.63) is 72.1 Å². The maximum atomic E-state index is 13.0. The SMILES string of the molecule is O=C1NC(=O)C2=C1c1cn(c3ccccc13)CCOCCn1cc2c2ccccc21.[HH]. The summed E-state index contributed by atoms with van der Waals surface area (Å²) >= 11 is 0. The lowest BCUT2D eigenvalue weighted by molar-refractivity contribution is -0.122. The van der Waals surface area contributed by atoms with Crippen LogP contribution in [0.1, 0.15) is 12.6 Å². The summed E-state index contributed by atoms with van der Waals surface area (Å²) in [6, 6.07) is 15.9. The molecule has 0 unspecified atom stereocenters. The van der Waals surface area contributed by atoms with Crippen LogP contribution in [0.5, 0.6) is 0 Å². The van der Waals surface area contributed by atoms with E-state index in [0.29, 0.717) is 37.4 Å². The first kappa shape index (κ1) is 17.2. The van der Waals surface area contributed by atoms with E-state index in [-0.39, 0.29) is 13.2 Å². The van der Waals surface area contributed by atoms with Crippen LogP contribution >= 0.6 is 0 Å². The van der Waals surface area contributed by atoms with Crippen molar-refractivity contribution in [3.63, 3.8) is 0 Å². The summed E-state index contributed by atoms with van der Waals surface area (Å²) in [4.78, 5) is 25.9. The first-order valence-corrected chi connectivity index (χ1v) is 10.1. The van der Waals surface area contributed by atoms with Gasteiger partial charge in [0.25, 0.3) is 11.8 Å². The maximum Gasteiger partial charge on any atom is 0.259 e. The molecule has 2 aliphatic rings. The second-order valence-corrected chi connectivity index (χ2v) is 7.65. The van der Waals surface area contributed by atoms with E-state index >= 15 is 0 Å². The second kappa shape index (κ2) is 6.43. The average Bonchev–Trinajstić information content (AvgIpc) is 3.39. The predicted octanol–water partition coefficient (Wildman–Crippen LogP) is 3.44. The Kier molecular flexibility index (Phi) is 3.70. The molecule has 0 spiro atoms. The van der Waals surface area contributed by atoms with Gasteiger partial charge in [-0.3, -0.25) is 14.9 Å². The normalized spacial score (nSPS) is 16.9. The van der Waals surface area contributed by atoms with Crippen LogP contribution in [-0.4, -0.2) is 34.2 Å². The molecule has 150 valence electrons. The number of para-hydroxylation sites is 2. The highest BCUT2D eigenvalue weighted by Gasteiger charge is 2.35. The number of hydrogen-bond acceptors (Lipinski definition) is 3. The first-order valence-electron chi connectivity index (χ1n) is 10.1. The molecule has 2 amide bonds. The van der Waals surface area contributed by atoms with Crippen molar-refractivity contribution in [1.82, 2.24) is 14.5 Å². The Hall–Kier alpha value is -3.64. The summed E-state index contributed by atoms with van der Waals surface area (Å²) in [5.74, 6) is -0.693. The standard InChI is InChI=1S/C24H19N3O3.H2/c28-23-21-17-13-26(19-7-3-1-5-15(17)19)9-11-30-12-10-27-14-18(22(21)24(29)25-23)16-6-2-4-8-20(16)27;/h1-8,13-14H,9-12H2,(H,25,28,29);1H. The molecule has 1 N–H and O–H groups in total. The molecule has 30 heavy (non-hydrogen) atoms. The summed E-state index contributed by atoms with van der Waals surface area (Å²) in [5, 5.41) is 4.44. The van der Waals surface area contributed by atoms with Gasteiger partial charge in [-0.15, -0.1) is 0 Å². The van der Waals surface area contributed by atoms with Crippen LogP contribution in [0.2, 0.25) is 0 Å². The van der Waals surface area contributed by atoms with Crippen molar-refractivity contribution < 1.29 is 15.8 Å². The van der Waals surface area contributed by atoms with Crippen LogP contribution in [0.15, 0.2) is 60.9 Å². The van der Waals surface area contributed by atoms with E-state index in [1.165, 1.54) is 0 Å². The van der Waals surface area contributed by atoms with Gasteiger partial charge >= 0.3 is 0 Å². The van der Waals surface area contributed by atoms with Crippen molar-refractivity contribution >= 4 is 44.8 Å². The van der Waals surface area contributed by atoms with Crippen molar-refractivity contribution in [3.8, 4) is 0 Å². The Morgan fingerprint density at radius 2 is 1.20 bits per heavy atom. The number of amides is 2. The third-order valence-electron chi connectivity index (χ3n) is 6.00. The van der Waals surface area contributed by atoms with Crippen LogP contribution in [0.25, 0.3) is 33.0 Å². The molecule has 2 aromatic carbocycles. The number of benzene rings is 2. The van der Waals surface area contributed by atoms with Gasteiger partial charge in [0.05, 0.1) is 24.4 Å². The monoisotopic (exact) mass is 399 g/mol. The highest BCUT2D eigenvalue weighted by atomic mass is 16.5. The lowest BCUT2D eigenvalue weighted by atomic mass is 9.95. The quantitative estimate of drug-likeness (QED) is 0.461. The lowest BCUT2D eigenvalue weighted by Crippen LogP contribution is -2.22. The van der Waals surface area contributed by atoms with Gasteiger partial charge in [-0.05, 0) is 12.1 Å². The largest absolute Gasteiger partial charge is 0.378 e. The minimum absolute atomic E-state index is 0. The maximum absolute atomic E-state index is 13.0. The lowest BCUT2D eigenvalue weighted by Gasteiger charge is -2.08. The van der Waals surface area contributed by atoms with E-state index in [1.807, 2.05) is 60.9 Å². The van der Waals surface area contributed by atoms with Crippen molar-refractivity contribution in [2.45, 2.75) is 13.1 Å². The van der Waals surface area contributed by atoms with Crippen LogP contribution in [-0.2, 0) is 27.4 Å². The summed E-state index contributed by atoms with van der Waals surface area (Å²) in [5.41, 5.74) is 4.49. The van der Waals surface area contributed by atoms with Crippen molar-refractivity contribution in [1.29, 1.82) is 0 Å². The second-order valence-electron chi connectivity index (χ2n) is 7.65. The minimum Gasteiger partial charge on any atom is -0.378 e. The zero-order valence-electron chi connectivity index (χ0n) is 16.2. The molecule has 4 aromatic rings. The average molecular weight is 399 g/mol. The van der Waals surface area contributed by atoms with Gasteiger partial charge in [0.15, 0.2) is 0 Å². The Morgan fingerprint density at radius 1 is 0.733 bits per heavy atom. The minimum atomic E-state index is -0.346. The zero-order chi connectivity index (χ0) is 20.2. The summed E-state index contributed by atoms with van der Waals surface area (Å²) in [6.45, 7) is 2.49. The predicted molar refractivity (Wildman–Crippen MR) is 117 cm³/mol. The molecule has 4 heterocycles. The Balaban J connectivity index is 0.00000204. The first-order chi connectivity index (χ1) is 14.7. The molecular formula is C24H21N3O3. The van der Waals surface area contributed by atoms with Crippen molar-refractivity contribution in [2.24, 2.45) is 0 Å². The summed E-state index contributed by atoms with van der Waals surface area (Å²) < 4.78 is 10.1. The number of ether oxygens (including phenoxy) is 1. The van der Waals surface area contributed by atoms with Gasteiger partial charge in [0, 0.05) is 59.8 Å². The van der Waals surface area contributed by atoms with E-state index in [1.54, 1.807) is 0 Å². The number of nitrogens with one attached hydrogen (secondary N) is 1. The molecule has 0 atom stereocenters. The Morgan fingerprint density at radius 3 is 1.70 bits per heavy atom. The number of fused-ring (bicyclic) bond motifs is 12. The highest BCUT2D eigenvalue weighted by molar-refractivity contribution is 6.50. The molecule has 6 rings (SSSR count). The number of imide groups is 1. The molecule has 0 saturated carbocycles. The molecule has 0 aliphatic carbocycles. The fourth-order valence-corrected chi connectivity index (χ4v) is 4.66. The smallest absolute Gasteiger partial charge is 0.259 e.